The second-order valence-electron chi connectivity index (χ2n) is 5.27. The summed E-state index contributed by atoms with van der Waals surface area (Å²) in [4.78, 5) is 12.2. The van der Waals surface area contributed by atoms with E-state index in [1.54, 1.807) is 0 Å². The zero-order chi connectivity index (χ0) is 13.0. The molecule has 0 spiro atoms. The van der Waals surface area contributed by atoms with Gasteiger partial charge in [-0.2, -0.15) is 0 Å². The van der Waals surface area contributed by atoms with Gasteiger partial charge >= 0.3 is 0 Å². The first-order valence-corrected chi connectivity index (χ1v) is 6.89. The molecule has 1 fully saturated rings. The van der Waals surface area contributed by atoms with Crippen LogP contribution in [0.1, 0.15) is 53.6 Å². The molecule has 1 aromatic carbocycles. The summed E-state index contributed by atoms with van der Waals surface area (Å²) in [5.74, 6) is 0.255. The predicted molar refractivity (Wildman–Crippen MR) is 73.1 cm³/mol. The summed E-state index contributed by atoms with van der Waals surface area (Å²) in [7, 11) is 0. The number of hydrogen-bond donors (Lipinski definition) is 0. The van der Waals surface area contributed by atoms with Crippen LogP contribution in [-0.4, -0.2) is 18.5 Å². The molecule has 1 aliphatic heterocycles. The zero-order valence-electron chi connectivity index (χ0n) is 11.4. The van der Waals surface area contributed by atoms with Crippen LogP contribution < -0.4 is 0 Å². The van der Waals surface area contributed by atoms with E-state index in [1.807, 2.05) is 26.0 Å². The Bertz CT molecular complexity index is 417. The maximum absolute atomic E-state index is 12.2. The van der Waals surface area contributed by atoms with Crippen LogP contribution in [-0.2, 0) is 4.74 Å². The molecule has 2 heteroatoms. The number of rotatable bonds is 4. The Morgan fingerprint density at radius 3 is 2.89 bits per heavy atom. The van der Waals surface area contributed by atoms with Crippen molar-refractivity contribution in [2.75, 3.05) is 6.61 Å². The summed E-state index contributed by atoms with van der Waals surface area (Å²) in [6, 6.07) is 6.08. The molecule has 1 heterocycles. The molecule has 0 bridgehead atoms. The first kappa shape index (κ1) is 13.3. The normalized spacial score (nSPS) is 19.8. The van der Waals surface area contributed by atoms with Crippen LogP contribution >= 0.6 is 0 Å². The van der Waals surface area contributed by atoms with Gasteiger partial charge in [-0.25, -0.2) is 0 Å². The van der Waals surface area contributed by atoms with E-state index in [2.05, 4.69) is 6.07 Å². The fraction of sp³-hybridized carbons (Fsp3) is 0.562. The molecular formula is C16H22O2. The monoisotopic (exact) mass is 246 g/mol. The van der Waals surface area contributed by atoms with E-state index in [-0.39, 0.29) is 5.78 Å². The van der Waals surface area contributed by atoms with E-state index in [0.29, 0.717) is 12.5 Å². The Morgan fingerprint density at radius 2 is 2.17 bits per heavy atom. The number of ether oxygens (including phenoxy) is 1. The van der Waals surface area contributed by atoms with Gasteiger partial charge in [-0.15, -0.1) is 0 Å². The SMILES string of the molecule is Cc1ccc(C)c(C(=O)CCC2CCCCO2)c1. The Hall–Kier alpha value is -1.15. The summed E-state index contributed by atoms with van der Waals surface area (Å²) in [5.41, 5.74) is 3.11. The van der Waals surface area contributed by atoms with E-state index in [9.17, 15) is 4.79 Å². The van der Waals surface area contributed by atoms with Crippen molar-refractivity contribution in [3.8, 4) is 0 Å². The molecular weight excluding hydrogens is 224 g/mol. The summed E-state index contributed by atoms with van der Waals surface area (Å²) in [6.07, 6.45) is 5.29. The van der Waals surface area contributed by atoms with Crippen LogP contribution in [0.4, 0.5) is 0 Å². The molecule has 1 atom stereocenters. The van der Waals surface area contributed by atoms with Gasteiger partial charge < -0.3 is 4.74 Å². The lowest BCUT2D eigenvalue weighted by Gasteiger charge is -2.22. The minimum Gasteiger partial charge on any atom is -0.378 e. The number of hydrogen-bond acceptors (Lipinski definition) is 2. The Morgan fingerprint density at radius 1 is 1.33 bits per heavy atom. The molecule has 98 valence electrons. The van der Waals surface area contributed by atoms with Crippen molar-refractivity contribution in [1.82, 2.24) is 0 Å². The van der Waals surface area contributed by atoms with E-state index in [0.717, 1.165) is 36.1 Å². The molecule has 1 aliphatic rings. The maximum atomic E-state index is 12.2. The lowest BCUT2D eigenvalue weighted by molar-refractivity contribution is 0.0104. The second-order valence-corrected chi connectivity index (χ2v) is 5.27. The highest BCUT2D eigenvalue weighted by Gasteiger charge is 2.16. The molecule has 0 radical (unpaired) electrons. The lowest BCUT2D eigenvalue weighted by Crippen LogP contribution is -2.20. The van der Waals surface area contributed by atoms with Gasteiger partial charge in [0, 0.05) is 18.6 Å². The van der Waals surface area contributed by atoms with Crippen LogP contribution in [0, 0.1) is 13.8 Å². The van der Waals surface area contributed by atoms with Crippen molar-refractivity contribution in [1.29, 1.82) is 0 Å². The highest BCUT2D eigenvalue weighted by atomic mass is 16.5. The van der Waals surface area contributed by atoms with Gasteiger partial charge in [0.2, 0.25) is 0 Å². The summed E-state index contributed by atoms with van der Waals surface area (Å²) < 4.78 is 5.67. The molecule has 0 aromatic heterocycles. The molecule has 2 rings (SSSR count). The Kier molecular flexibility index (Phi) is 4.54. The molecule has 1 aromatic rings. The third-order valence-electron chi connectivity index (χ3n) is 3.66. The molecule has 0 aliphatic carbocycles. The molecule has 0 amide bonds. The highest BCUT2D eigenvalue weighted by Crippen LogP contribution is 2.19. The van der Waals surface area contributed by atoms with Crippen molar-refractivity contribution in [3.05, 3.63) is 34.9 Å². The van der Waals surface area contributed by atoms with Gasteiger partial charge in [0.1, 0.15) is 0 Å². The third-order valence-corrected chi connectivity index (χ3v) is 3.66. The second kappa shape index (κ2) is 6.14. The molecule has 1 unspecified atom stereocenters. The number of Topliss-reactive ketones (excluding diaryl/α,β-unsaturated/α-hetero) is 1. The van der Waals surface area contributed by atoms with Gasteiger partial charge in [0.15, 0.2) is 5.78 Å². The largest absolute Gasteiger partial charge is 0.378 e. The van der Waals surface area contributed by atoms with Crippen molar-refractivity contribution < 1.29 is 9.53 Å². The van der Waals surface area contributed by atoms with E-state index >= 15 is 0 Å². The summed E-state index contributed by atoms with van der Waals surface area (Å²) in [6.45, 7) is 4.90. The lowest BCUT2D eigenvalue weighted by atomic mass is 9.96. The zero-order valence-corrected chi connectivity index (χ0v) is 11.4. The molecule has 0 saturated carbocycles. The summed E-state index contributed by atoms with van der Waals surface area (Å²) >= 11 is 0. The smallest absolute Gasteiger partial charge is 0.163 e. The van der Waals surface area contributed by atoms with Crippen molar-refractivity contribution in [2.24, 2.45) is 0 Å². The Balaban J connectivity index is 1.92. The van der Waals surface area contributed by atoms with Gasteiger partial charge in [-0.05, 0) is 51.2 Å². The molecule has 18 heavy (non-hydrogen) atoms. The van der Waals surface area contributed by atoms with Crippen LogP contribution in [0.25, 0.3) is 0 Å². The minimum atomic E-state index is 0.255. The van der Waals surface area contributed by atoms with Crippen LogP contribution in [0.15, 0.2) is 18.2 Å². The van der Waals surface area contributed by atoms with Crippen LogP contribution in [0.2, 0.25) is 0 Å². The quantitative estimate of drug-likeness (QED) is 0.755. The van der Waals surface area contributed by atoms with Gasteiger partial charge in [-0.1, -0.05) is 17.7 Å². The highest BCUT2D eigenvalue weighted by molar-refractivity contribution is 5.97. The van der Waals surface area contributed by atoms with Crippen molar-refractivity contribution in [2.45, 2.75) is 52.1 Å². The van der Waals surface area contributed by atoms with Crippen LogP contribution in [0.5, 0.6) is 0 Å². The average molecular weight is 246 g/mol. The first-order valence-electron chi connectivity index (χ1n) is 6.89. The number of aryl methyl sites for hydroxylation is 2. The molecule has 0 N–H and O–H groups in total. The number of carbonyl (C=O) groups is 1. The van der Waals surface area contributed by atoms with E-state index < -0.39 is 0 Å². The topological polar surface area (TPSA) is 26.3 Å². The average Bonchev–Trinajstić information content (AvgIpc) is 2.40. The Labute approximate surface area is 109 Å². The molecule has 1 saturated heterocycles. The third kappa shape index (κ3) is 3.42. The summed E-state index contributed by atoms with van der Waals surface area (Å²) in [5, 5.41) is 0. The predicted octanol–water partition coefficient (Wildman–Crippen LogP) is 3.84. The fourth-order valence-electron chi connectivity index (χ4n) is 2.50. The van der Waals surface area contributed by atoms with Gasteiger partial charge in [-0.3, -0.25) is 4.79 Å². The standard InChI is InChI=1S/C16H22O2/c1-12-6-7-13(2)15(11-12)16(17)9-8-14-5-3-4-10-18-14/h6-7,11,14H,3-5,8-10H2,1-2H3. The number of benzene rings is 1. The van der Waals surface area contributed by atoms with Crippen molar-refractivity contribution >= 4 is 5.78 Å². The number of carbonyl (C=O) groups excluding carboxylic acids is 1. The number of ketones is 1. The van der Waals surface area contributed by atoms with E-state index in [4.69, 9.17) is 4.74 Å². The first-order chi connectivity index (χ1) is 8.66. The fourth-order valence-corrected chi connectivity index (χ4v) is 2.50. The van der Waals surface area contributed by atoms with Gasteiger partial charge in [0.25, 0.3) is 0 Å². The maximum Gasteiger partial charge on any atom is 0.163 e. The van der Waals surface area contributed by atoms with E-state index in [1.165, 1.54) is 12.8 Å². The molecule has 2 nitrogen and oxygen atoms in total. The van der Waals surface area contributed by atoms with Crippen molar-refractivity contribution in [3.63, 3.8) is 0 Å². The van der Waals surface area contributed by atoms with Crippen LogP contribution in [0.3, 0.4) is 0 Å². The van der Waals surface area contributed by atoms with Gasteiger partial charge in [0.05, 0.1) is 6.10 Å². The minimum absolute atomic E-state index is 0.255.